The van der Waals surface area contributed by atoms with Gasteiger partial charge < -0.3 is 10.2 Å². The van der Waals surface area contributed by atoms with Gasteiger partial charge in [-0.05, 0) is 38.3 Å². The van der Waals surface area contributed by atoms with Gasteiger partial charge in [-0.15, -0.1) is 0 Å². The van der Waals surface area contributed by atoms with Gasteiger partial charge >= 0.3 is 0 Å². The minimum atomic E-state index is -0.102. The van der Waals surface area contributed by atoms with E-state index in [2.05, 4.69) is 37.1 Å². The number of hydrogen-bond acceptors (Lipinski definition) is 2. The Hall–Kier alpha value is -1.09. The van der Waals surface area contributed by atoms with E-state index in [0.717, 1.165) is 43.6 Å². The summed E-state index contributed by atoms with van der Waals surface area (Å²) in [6, 6.07) is 5.88. The van der Waals surface area contributed by atoms with E-state index in [1.54, 1.807) is 6.07 Å². The highest BCUT2D eigenvalue weighted by molar-refractivity contribution is 5.55. The van der Waals surface area contributed by atoms with Crippen LogP contribution in [0.15, 0.2) is 18.2 Å². The largest absolute Gasteiger partial charge is 0.365 e. The number of hydrogen-bond donors (Lipinski definition) is 1. The average molecular weight is 278 g/mol. The molecular weight excluding hydrogens is 251 g/mol. The molecule has 2 nitrogen and oxygen atoms in total. The summed E-state index contributed by atoms with van der Waals surface area (Å²) in [5.74, 6) is -0.102. The number of rotatable bonds is 4. The highest BCUT2D eigenvalue weighted by Gasteiger charge is 2.36. The van der Waals surface area contributed by atoms with Gasteiger partial charge in [-0.2, -0.15) is 0 Å². The van der Waals surface area contributed by atoms with Crippen LogP contribution in [0, 0.1) is 12.7 Å². The molecule has 1 aliphatic heterocycles. The third-order valence-corrected chi connectivity index (χ3v) is 5.00. The van der Waals surface area contributed by atoms with Gasteiger partial charge in [0.1, 0.15) is 5.82 Å². The van der Waals surface area contributed by atoms with E-state index < -0.39 is 0 Å². The maximum Gasteiger partial charge on any atom is 0.128 e. The summed E-state index contributed by atoms with van der Waals surface area (Å²) in [6.45, 7) is 10.5. The molecule has 1 saturated heterocycles. The lowest BCUT2D eigenvalue weighted by Gasteiger charge is -2.49. The molecule has 1 aromatic rings. The first-order chi connectivity index (χ1) is 9.56. The van der Waals surface area contributed by atoms with Gasteiger partial charge in [0.25, 0.3) is 0 Å². The molecule has 0 aromatic heterocycles. The molecule has 0 radical (unpaired) electrons. The zero-order valence-corrected chi connectivity index (χ0v) is 13.2. The zero-order valence-electron chi connectivity index (χ0n) is 13.2. The second kappa shape index (κ2) is 6.13. The fraction of sp³-hybridized carbons (Fsp3) is 0.647. The van der Waals surface area contributed by atoms with Gasteiger partial charge in [-0.25, -0.2) is 4.39 Å². The van der Waals surface area contributed by atoms with Crippen molar-refractivity contribution in [3.05, 3.63) is 29.6 Å². The number of piperazine rings is 1. The highest BCUT2D eigenvalue weighted by atomic mass is 19.1. The Morgan fingerprint density at radius 1 is 1.30 bits per heavy atom. The molecule has 112 valence electrons. The predicted molar refractivity (Wildman–Crippen MR) is 83.9 cm³/mol. The predicted octanol–water partition coefficient (Wildman–Crippen LogP) is 3.88. The van der Waals surface area contributed by atoms with Crippen molar-refractivity contribution in [2.75, 3.05) is 18.0 Å². The number of nitrogens with one attached hydrogen (secondary N) is 1. The Balaban J connectivity index is 2.36. The molecule has 0 aliphatic carbocycles. The Labute approximate surface area is 122 Å². The van der Waals surface area contributed by atoms with Gasteiger partial charge in [0.15, 0.2) is 0 Å². The van der Waals surface area contributed by atoms with Crippen molar-refractivity contribution in [1.82, 2.24) is 5.32 Å². The number of nitrogens with zero attached hydrogens (tertiary/aromatic N) is 1. The van der Waals surface area contributed by atoms with Crippen LogP contribution in [0.5, 0.6) is 0 Å². The summed E-state index contributed by atoms with van der Waals surface area (Å²) in [6.07, 6.45) is 3.28. The summed E-state index contributed by atoms with van der Waals surface area (Å²) in [7, 11) is 0. The maximum absolute atomic E-state index is 13.9. The standard InChI is InChI=1S/C17H27FN2/c1-5-14-11-19-17(6-2,7-3)12-20(14)16-10-8-9-15(18)13(16)4/h8-10,14,19H,5-7,11-12H2,1-4H3. The van der Waals surface area contributed by atoms with Crippen LogP contribution in [-0.2, 0) is 0 Å². The van der Waals surface area contributed by atoms with Crippen LogP contribution in [0.3, 0.4) is 0 Å². The van der Waals surface area contributed by atoms with Crippen LogP contribution in [0.25, 0.3) is 0 Å². The quantitative estimate of drug-likeness (QED) is 0.899. The van der Waals surface area contributed by atoms with Crippen LogP contribution in [0.4, 0.5) is 10.1 Å². The fourth-order valence-electron chi connectivity index (χ4n) is 3.23. The molecule has 20 heavy (non-hydrogen) atoms. The minimum absolute atomic E-state index is 0.102. The second-order valence-electron chi connectivity index (χ2n) is 5.94. The lowest BCUT2D eigenvalue weighted by Crippen LogP contribution is -2.64. The molecule has 0 bridgehead atoms. The number of benzene rings is 1. The molecule has 2 rings (SSSR count). The third-order valence-electron chi connectivity index (χ3n) is 5.00. The summed E-state index contributed by atoms with van der Waals surface area (Å²) < 4.78 is 13.9. The van der Waals surface area contributed by atoms with Crippen LogP contribution in [0.2, 0.25) is 0 Å². The molecule has 3 heteroatoms. The van der Waals surface area contributed by atoms with E-state index in [4.69, 9.17) is 0 Å². The molecule has 1 aliphatic rings. The molecule has 1 unspecified atom stereocenters. The first-order valence-corrected chi connectivity index (χ1v) is 7.83. The summed E-state index contributed by atoms with van der Waals surface area (Å²) >= 11 is 0. The lowest BCUT2D eigenvalue weighted by molar-refractivity contribution is 0.246. The third kappa shape index (κ3) is 2.69. The smallest absolute Gasteiger partial charge is 0.128 e. The highest BCUT2D eigenvalue weighted by Crippen LogP contribution is 2.31. The van der Waals surface area contributed by atoms with Crippen molar-refractivity contribution < 1.29 is 4.39 Å². The van der Waals surface area contributed by atoms with Crippen molar-refractivity contribution in [3.63, 3.8) is 0 Å². The molecular formula is C17H27FN2. The van der Waals surface area contributed by atoms with E-state index in [9.17, 15) is 4.39 Å². The SMILES string of the molecule is CCC1CNC(CC)(CC)CN1c1cccc(F)c1C. The Kier molecular flexibility index (Phi) is 4.69. The second-order valence-corrected chi connectivity index (χ2v) is 5.94. The van der Waals surface area contributed by atoms with Gasteiger partial charge in [-0.1, -0.05) is 26.8 Å². The summed E-state index contributed by atoms with van der Waals surface area (Å²) in [5, 5.41) is 3.73. The Bertz CT molecular complexity index is 454. The summed E-state index contributed by atoms with van der Waals surface area (Å²) in [5.41, 5.74) is 1.99. The van der Waals surface area contributed by atoms with Crippen molar-refractivity contribution in [1.29, 1.82) is 0 Å². The molecule has 0 spiro atoms. The van der Waals surface area contributed by atoms with E-state index in [0.29, 0.717) is 6.04 Å². The topological polar surface area (TPSA) is 15.3 Å². The van der Waals surface area contributed by atoms with E-state index in [-0.39, 0.29) is 11.4 Å². The van der Waals surface area contributed by atoms with Gasteiger partial charge in [0.2, 0.25) is 0 Å². The van der Waals surface area contributed by atoms with E-state index in [1.165, 1.54) is 0 Å². The first-order valence-electron chi connectivity index (χ1n) is 7.83. The monoisotopic (exact) mass is 278 g/mol. The van der Waals surface area contributed by atoms with E-state index in [1.807, 2.05) is 13.0 Å². The normalized spacial score (nSPS) is 22.1. The van der Waals surface area contributed by atoms with Crippen molar-refractivity contribution in [2.24, 2.45) is 0 Å². The molecule has 1 heterocycles. The van der Waals surface area contributed by atoms with Crippen molar-refractivity contribution in [3.8, 4) is 0 Å². The van der Waals surface area contributed by atoms with Crippen LogP contribution in [0.1, 0.15) is 45.6 Å². The van der Waals surface area contributed by atoms with Crippen LogP contribution < -0.4 is 10.2 Å². The molecule has 0 amide bonds. The van der Waals surface area contributed by atoms with Gasteiger partial charge in [0.05, 0.1) is 0 Å². The minimum Gasteiger partial charge on any atom is -0.365 e. The van der Waals surface area contributed by atoms with Crippen molar-refractivity contribution in [2.45, 2.75) is 58.5 Å². The Morgan fingerprint density at radius 2 is 2.00 bits per heavy atom. The Morgan fingerprint density at radius 3 is 2.60 bits per heavy atom. The molecule has 1 aromatic carbocycles. The van der Waals surface area contributed by atoms with Gasteiger partial charge in [0, 0.05) is 35.9 Å². The van der Waals surface area contributed by atoms with Crippen LogP contribution in [-0.4, -0.2) is 24.7 Å². The maximum atomic E-state index is 13.9. The average Bonchev–Trinajstić information content (AvgIpc) is 2.49. The number of halogens is 1. The summed E-state index contributed by atoms with van der Waals surface area (Å²) in [4.78, 5) is 2.42. The molecule has 0 saturated carbocycles. The lowest BCUT2D eigenvalue weighted by atomic mass is 9.87. The van der Waals surface area contributed by atoms with Crippen molar-refractivity contribution >= 4 is 5.69 Å². The number of anilines is 1. The zero-order chi connectivity index (χ0) is 14.8. The van der Waals surface area contributed by atoms with Crippen LogP contribution >= 0.6 is 0 Å². The molecule has 1 atom stereocenters. The van der Waals surface area contributed by atoms with E-state index >= 15 is 0 Å². The first kappa shape index (κ1) is 15.3. The molecule has 1 fully saturated rings. The fourth-order valence-corrected chi connectivity index (χ4v) is 3.23. The van der Waals surface area contributed by atoms with Gasteiger partial charge in [-0.3, -0.25) is 0 Å². The molecule has 1 N–H and O–H groups in total.